The van der Waals surface area contributed by atoms with Gasteiger partial charge in [0.15, 0.2) is 0 Å². The van der Waals surface area contributed by atoms with Gasteiger partial charge in [0.05, 0.1) is 22.3 Å². The highest BCUT2D eigenvalue weighted by atomic mass is 35.5. The number of rotatable bonds is 8. The number of halogens is 4. The van der Waals surface area contributed by atoms with Gasteiger partial charge in [0.25, 0.3) is 0 Å². The fourth-order valence-electron chi connectivity index (χ4n) is 3.75. The minimum Gasteiger partial charge on any atom is -0.457 e. The first-order valence-electron chi connectivity index (χ1n) is 11.9. The first-order valence-corrected chi connectivity index (χ1v) is 15.1. The minimum atomic E-state index is -5.68. The van der Waals surface area contributed by atoms with Crippen LogP contribution in [-0.2, 0) is 16.8 Å². The number of ether oxygens (including phenoxy) is 1. The van der Waals surface area contributed by atoms with Crippen molar-refractivity contribution in [1.82, 2.24) is 9.78 Å². The van der Waals surface area contributed by atoms with E-state index in [9.17, 15) is 13.3 Å². The molecule has 0 amide bonds. The van der Waals surface area contributed by atoms with Crippen molar-refractivity contribution in [3.05, 3.63) is 123 Å². The quantitative estimate of drug-likeness (QED) is 0.168. The second-order valence-corrected chi connectivity index (χ2v) is 12.2. The van der Waals surface area contributed by atoms with E-state index in [0.29, 0.717) is 42.6 Å². The molecule has 0 aliphatic rings. The van der Waals surface area contributed by atoms with Crippen molar-refractivity contribution in [2.24, 2.45) is 4.99 Å². The molecule has 0 atom stereocenters. The highest BCUT2D eigenvalue weighted by molar-refractivity contribution is 7.52. The number of para-hydroxylation sites is 1. The molecule has 41 heavy (non-hydrogen) atoms. The molecule has 210 valence electrons. The standard InChI is InChI=1S/C28H20Cl2F2N3O4PS/c29-24-14-13-21(16-25(24)30)33-27-35(17-18-9-11-20(12-10-18)28(31,32)40(36,37)38)34-26(41-27)19-5-4-8-23(15-19)39-22-6-2-1-3-7-22/h1-16H,17H2,(H2,36,37,38)/b33-27-. The summed E-state index contributed by atoms with van der Waals surface area (Å²) in [7, 11) is -5.68. The lowest BCUT2D eigenvalue weighted by molar-refractivity contribution is 0.0564. The van der Waals surface area contributed by atoms with Crippen molar-refractivity contribution >= 4 is 47.8 Å². The summed E-state index contributed by atoms with van der Waals surface area (Å²) in [6.45, 7) is 0.138. The molecule has 4 aromatic carbocycles. The first-order chi connectivity index (χ1) is 19.5. The summed E-state index contributed by atoms with van der Waals surface area (Å²) in [5.41, 5.74) is -3.22. The Morgan fingerprint density at radius 2 is 1.61 bits per heavy atom. The number of benzene rings is 4. The van der Waals surface area contributed by atoms with Crippen molar-refractivity contribution in [3.63, 3.8) is 0 Å². The van der Waals surface area contributed by atoms with Gasteiger partial charge >= 0.3 is 13.3 Å². The molecule has 0 fully saturated rings. The van der Waals surface area contributed by atoms with Crippen LogP contribution in [0.15, 0.2) is 102 Å². The molecular formula is C28H20Cl2F2N3O4PS. The SMILES string of the molecule is O=P(O)(O)C(F)(F)c1ccc(Cn2nc(-c3cccc(Oc4ccccc4)c3)s/c2=N\c2ccc(Cl)c(Cl)c2)cc1. The van der Waals surface area contributed by atoms with E-state index in [2.05, 4.69) is 4.99 Å². The number of alkyl halides is 2. The highest BCUT2D eigenvalue weighted by Crippen LogP contribution is 2.59. The Balaban J connectivity index is 1.52. The molecule has 7 nitrogen and oxygen atoms in total. The van der Waals surface area contributed by atoms with Gasteiger partial charge in [0.2, 0.25) is 4.80 Å². The predicted molar refractivity (Wildman–Crippen MR) is 155 cm³/mol. The number of nitrogens with zero attached hydrogens (tertiary/aromatic N) is 3. The molecule has 2 N–H and O–H groups in total. The lowest BCUT2D eigenvalue weighted by atomic mass is 10.1. The van der Waals surface area contributed by atoms with E-state index in [0.717, 1.165) is 17.7 Å². The monoisotopic (exact) mass is 633 g/mol. The molecule has 5 rings (SSSR count). The van der Waals surface area contributed by atoms with E-state index < -0.39 is 18.8 Å². The van der Waals surface area contributed by atoms with Gasteiger partial charge in [0, 0.05) is 11.1 Å². The van der Waals surface area contributed by atoms with Gasteiger partial charge in [0.1, 0.15) is 16.5 Å². The van der Waals surface area contributed by atoms with Crippen LogP contribution in [0.1, 0.15) is 11.1 Å². The van der Waals surface area contributed by atoms with Crippen LogP contribution in [0, 0.1) is 0 Å². The summed E-state index contributed by atoms with van der Waals surface area (Å²) in [5, 5.41) is 6.05. The van der Waals surface area contributed by atoms with Gasteiger partial charge < -0.3 is 14.5 Å². The van der Waals surface area contributed by atoms with Gasteiger partial charge in [-0.05, 0) is 48.0 Å². The van der Waals surface area contributed by atoms with Crippen LogP contribution in [0.3, 0.4) is 0 Å². The molecule has 0 spiro atoms. The minimum absolute atomic E-state index is 0.138. The van der Waals surface area contributed by atoms with E-state index in [-0.39, 0.29) is 6.54 Å². The van der Waals surface area contributed by atoms with Crippen molar-refractivity contribution < 1.29 is 27.9 Å². The molecule has 0 bridgehead atoms. The fraction of sp³-hybridized carbons (Fsp3) is 0.0714. The molecule has 1 heterocycles. The maximum absolute atomic E-state index is 14.1. The van der Waals surface area contributed by atoms with Crippen molar-refractivity contribution in [2.45, 2.75) is 12.2 Å². The van der Waals surface area contributed by atoms with Crippen LogP contribution in [0.25, 0.3) is 10.6 Å². The van der Waals surface area contributed by atoms with E-state index in [4.69, 9.17) is 42.8 Å². The lowest BCUT2D eigenvalue weighted by Gasteiger charge is -2.18. The number of hydrogen-bond acceptors (Lipinski definition) is 5. The Labute approximate surface area is 247 Å². The van der Waals surface area contributed by atoms with Gasteiger partial charge in [-0.2, -0.15) is 13.9 Å². The Bertz CT molecular complexity index is 1810. The predicted octanol–water partition coefficient (Wildman–Crippen LogP) is 8.22. The molecule has 0 saturated heterocycles. The van der Waals surface area contributed by atoms with E-state index in [1.807, 2.05) is 54.6 Å². The first kappa shape index (κ1) is 29.1. The van der Waals surface area contributed by atoms with Crippen molar-refractivity contribution in [2.75, 3.05) is 0 Å². The van der Waals surface area contributed by atoms with Crippen molar-refractivity contribution in [3.8, 4) is 22.1 Å². The second kappa shape index (κ2) is 11.9. The Hall–Kier alpha value is -3.37. The van der Waals surface area contributed by atoms with E-state index >= 15 is 0 Å². The topological polar surface area (TPSA) is 96.9 Å². The Morgan fingerprint density at radius 3 is 2.29 bits per heavy atom. The maximum atomic E-state index is 14.1. The molecule has 0 saturated carbocycles. The summed E-state index contributed by atoms with van der Waals surface area (Å²) < 4.78 is 47.1. The average molecular weight is 634 g/mol. The average Bonchev–Trinajstić information content (AvgIpc) is 3.33. The normalized spacial score (nSPS) is 12.5. The van der Waals surface area contributed by atoms with Gasteiger partial charge in [-0.3, -0.25) is 4.57 Å². The summed E-state index contributed by atoms with van der Waals surface area (Å²) in [6.07, 6.45) is 0. The molecule has 0 aliphatic heterocycles. The Kier molecular flexibility index (Phi) is 8.42. The maximum Gasteiger partial charge on any atom is 0.399 e. The number of aromatic nitrogens is 2. The van der Waals surface area contributed by atoms with Gasteiger partial charge in [-0.15, -0.1) is 0 Å². The summed E-state index contributed by atoms with van der Waals surface area (Å²) in [6, 6.07) is 26.4. The van der Waals surface area contributed by atoms with Crippen LogP contribution in [-0.4, -0.2) is 19.6 Å². The van der Waals surface area contributed by atoms with E-state index in [1.165, 1.54) is 23.5 Å². The third-order valence-corrected chi connectivity index (χ3v) is 8.53. The van der Waals surface area contributed by atoms with Crippen LogP contribution in [0.5, 0.6) is 11.5 Å². The molecule has 5 aromatic rings. The molecule has 0 unspecified atom stereocenters. The third-order valence-electron chi connectivity index (χ3n) is 5.81. The van der Waals surface area contributed by atoms with Crippen LogP contribution in [0.2, 0.25) is 10.0 Å². The van der Waals surface area contributed by atoms with Crippen LogP contribution in [0.4, 0.5) is 14.5 Å². The highest BCUT2D eigenvalue weighted by Gasteiger charge is 2.50. The van der Waals surface area contributed by atoms with Gasteiger partial charge in [-0.1, -0.05) is 89.1 Å². The lowest BCUT2D eigenvalue weighted by Crippen LogP contribution is -2.17. The molecule has 0 radical (unpaired) electrons. The van der Waals surface area contributed by atoms with Crippen molar-refractivity contribution in [1.29, 1.82) is 0 Å². The Morgan fingerprint density at radius 1 is 0.902 bits per heavy atom. The zero-order valence-electron chi connectivity index (χ0n) is 20.9. The van der Waals surface area contributed by atoms with Crippen LogP contribution >= 0.6 is 42.1 Å². The molecule has 13 heteroatoms. The number of hydrogen-bond donors (Lipinski definition) is 2. The smallest absolute Gasteiger partial charge is 0.399 e. The molecule has 1 aromatic heterocycles. The zero-order chi connectivity index (χ0) is 29.2. The summed E-state index contributed by atoms with van der Waals surface area (Å²) in [4.78, 5) is 23.2. The zero-order valence-corrected chi connectivity index (χ0v) is 24.1. The second-order valence-electron chi connectivity index (χ2n) is 8.78. The van der Waals surface area contributed by atoms with E-state index in [1.54, 1.807) is 22.9 Å². The molecular weight excluding hydrogens is 614 g/mol. The summed E-state index contributed by atoms with van der Waals surface area (Å²) in [5.74, 6) is 1.29. The third kappa shape index (κ3) is 6.76. The largest absolute Gasteiger partial charge is 0.457 e. The summed E-state index contributed by atoms with van der Waals surface area (Å²) >= 11 is 13.5. The fourth-order valence-corrected chi connectivity index (χ4v) is 5.44. The van der Waals surface area contributed by atoms with Gasteiger partial charge in [-0.25, -0.2) is 9.67 Å². The molecule has 0 aliphatic carbocycles. The van der Waals surface area contributed by atoms with Crippen LogP contribution < -0.4 is 9.54 Å².